The third-order valence-corrected chi connectivity index (χ3v) is 7.12. The number of likely N-dealkylation sites (tertiary alicyclic amines) is 1. The van der Waals surface area contributed by atoms with E-state index in [0.29, 0.717) is 36.8 Å². The van der Waals surface area contributed by atoms with Crippen molar-refractivity contribution in [3.8, 4) is 0 Å². The van der Waals surface area contributed by atoms with Crippen LogP contribution in [0.2, 0.25) is 5.02 Å². The maximum atomic E-state index is 13.1. The molecular weight excluding hydrogens is 464 g/mol. The zero-order valence-corrected chi connectivity index (χ0v) is 21.0. The van der Waals surface area contributed by atoms with Gasteiger partial charge in [-0.2, -0.15) is 0 Å². The van der Waals surface area contributed by atoms with Gasteiger partial charge in [0.2, 0.25) is 11.8 Å². The molecule has 1 atom stereocenters. The number of piperazine rings is 1. The summed E-state index contributed by atoms with van der Waals surface area (Å²) < 4.78 is 0. The van der Waals surface area contributed by atoms with Crippen molar-refractivity contribution < 1.29 is 14.4 Å². The Morgan fingerprint density at radius 1 is 0.914 bits per heavy atom. The maximum absolute atomic E-state index is 13.1. The summed E-state index contributed by atoms with van der Waals surface area (Å²) in [5.41, 5.74) is 1.84. The molecule has 4 rings (SSSR count). The molecule has 2 fully saturated rings. The fraction of sp³-hybridized carbons (Fsp3) is 0.444. The summed E-state index contributed by atoms with van der Waals surface area (Å²) in [6.45, 7) is 4.93. The monoisotopic (exact) mass is 496 g/mol. The van der Waals surface area contributed by atoms with Crippen LogP contribution in [0, 0.1) is 5.92 Å². The van der Waals surface area contributed by atoms with Crippen molar-refractivity contribution in [2.24, 2.45) is 5.92 Å². The average Bonchev–Trinajstić information content (AvgIpc) is 2.89. The van der Waals surface area contributed by atoms with Crippen LogP contribution in [-0.4, -0.2) is 90.2 Å². The molecular formula is C27H33ClN4O3. The normalized spacial score (nSPS) is 18.9. The number of nitrogens with zero attached hydrogens (tertiary/aromatic N) is 4. The molecule has 0 aliphatic carbocycles. The minimum Gasteiger partial charge on any atom is -0.339 e. The Bertz CT molecular complexity index is 1020. The Kier molecular flexibility index (Phi) is 8.42. The first-order chi connectivity index (χ1) is 16.9. The molecule has 2 saturated heterocycles. The molecule has 0 spiro atoms. The number of halogens is 1. The maximum Gasteiger partial charge on any atom is 0.253 e. The SMILES string of the molecule is CN(CC(=O)N1CCN(Cc2ccccc2)CC1)C(=O)[C@@H]1CCCN(C(=O)c2ccc(Cl)cc2)C1. The second kappa shape index (κ2) is 11.7. The van der Waals surface area contributed by atoms with Gasteiger partial charge in [0.15, 0.2) is 0 Å². The fourth-order valence-corrected chi connectivity index (χ4v) is 4.95. The molecule has 0 N–H and O–H groups in total. The summed E-state index contributed by atoms with van der Waals surface area (Å²) in [6.07, 6.45) is 1.49. The molecule has 0 aromatic heterocycles. The molecule has 3 amide bonds. The Morgan fingerprint density at radius 3 is 2.29 bits per heavy atom. The average molecular weight is 497 g/mol. The summed E-state index contributed by atoms with van der Waals surface area (Å²) in [4.78, 5) is 46.3. The number of rotatable bonds is 6. The fourth-order valence-electron chi connectivity index (χ4n) is 4.83. The lowest BCUT2D eigenvalue weighted by molar-refractivity contribution is -0.143. The van der Waals surface area contributed by atoms with Gasteiger partial charge in [-0.25, -0.2) is 0 Å². The van der Waals surface area contributed by atoms with Gasteiger partial charge in [-0.15, -0.1) is 0 Å². The van der Waals surface area contributed by atoms with Gasteiger partial charge in [0.05, 0.1) is 12.5 Å². The third-order valence-electron chi connectivity index (χ3n) is 6.87. The number of carbonyl (C=O) groups is 3. The lowest BCUT2D eigenvalue weighted by Crippen LogP contribution is -2.52. The van der Waals surface area contributed by atoms with E-state index in [-0.39, 0.29) is 30.2 Å². The summed E-state index contributed by atoms with van der Waals surface area (Å²) in [7, 11) is 1.69. The predicted octanol–water partition coefficient (Wildman–Crippen LogP) is 3.00. The van der Waals surface area contributed by atoms with E-state index in [1.54, 1.807) is 36.2 Å². The molecule has 2 aliphatic heterocycles. The highest BCUT2D eigenvalue weighted by atomic mass is 35.5. The minimum absolute atomic E-state index is 0.0230. The Hall–Kier alpha value is -2.90. The first-order valence-corrected chi connectivity index (χ1v) is 12.6. The van der Waals surface area contributed by atoms with Gasteiger partial charge in [0, 0.05) is 63.4 Å². The number of hydrogen-bond donors (Lipinski definition) is 0. The molecule has 8 heteroatoms. The largest absolute Gasteiger partial charge is 0.339 e. The van der Waals surface area contributed by atoms with E-state index in [9.17, 15) is 14.4 Å². The summed E-state index contributed by atoms with van der Waals surface area (Å²) in [5, 5.41) is 0.581. The number of carbonyl (C=O) groups excluding carboxylic acids is 3. The van der Waals surface area contributed by atoms with Gasteiger partial charge >= 0.3 is 0 Å². The molecule has 7 nitrogen and oxygen atoms in total. The molecule has 2 aromatic rings. The van der Waals surface area contributed by atoms with E-state index in [2.05, 4.69) is 17.0 Å². The second-order valence-electron chi connectivity index (χ2n) is 9.43. The van der Waals surface area contributed by atoms with E-state index in [1.165, 1.54) is 10.5 Å². The standard InChI is InChI=1S/C27H33ClN4O3/c1-29(20-25(33)31-16-14-30(15-17-31)18-21-6-3-2-4-7-21)26(34)23-8-5-13-32(19-23)27(35)22-9-11-24(28)12-10-22/h2-4,6-7,9-12,23H,5,8,13-20H2,1H3/t23-/m1/s1. The Balaban J connectivity index is 1.25. The highest BCUT2D eigenvalue weighted by molar-refractivity contribution is 6.30. The van der Waals surface area contributed by atoms with Crippen LogP contribution in [0.1, 0.15) is 28.8 Å². The molecule has 2 aliphatic rings. The van der Waals surface area contributed by atoms with Crippen LogP contribution in [-0.2, 0) is 16.1 Å². The van der Waals surface area contributed by atoms with E-state index in [1.807, 2.05) is 23.1 Å². The second-order valence-corrected chi connectivity index (χ2v) is 9.87. The molecule has 2 aromatic carbocycles. The molecule has 186 valence electrons. The van der Waals surface area contributed by atoms with E-state index < -0.39 is 0 Å². The predicted molar refractivity (Wildman–Crippen MR) is 136 cm³/mol. The van der Waals surface area contributed by atoms with Gasteiger partial charge in [-0.05, 0) is 42.7 Å². The van der Waals surface area contributed by atoms with Crippen molar-refractivity contribution in [1.82, 2.24) is 19.6 Å². The summed E-state index contributed by atoms with van der Waals surface area (Å²) in [6, 6.07) is 17.1. The minimum atomic E-state index is -0.291. The van der Waals surface area contributed by atoms with Crippen LogP contribution < -0.4 is 0 Å². The molecule has 0 saturated carbocycles. The topological polar surface area (TPSA) is 64.2 Å². The van der Waals surface area contributed by atoms with Gasteiger partial charge in [0.1, 0.15) is 0 Å². The number of piperidine rings is 1. The summed E-state index contributed by atoms with van der Waals surface area (Å²) in [5.74, 6) is -0.480. The number of likely N-dealkylation sites (N-methyl/N-ethyl adjacent to an activating group) is 1. The lowest BCUT2D eigenvalue weighted by atomic mass is 9.96. The van der Waals surface area contributed by atoms with Crippen molar-refractivity contribution in [2.75, 3.05) is 52.9 Å². The van der Waals surface area contributed by atoms with E-state index in [0.717, 1.165) is 32.5 Å². The van der Waals surface area contributed by atoms with Crippen LogP contribution in [0.3, 0.4) is 0 Å². The van der Waals surface area contributed by atoms with Gasteiger partial charge in [-0.3, -0.25) is 19.3 Å². The van der Waals surface area contributed by atoms with Crippen molar-refractivity contribution >= 4 is 29.3 Å². The van der Waals surface area contributed by atoms with Crippen molar-refractivity contribution in [3.05, 3.63) is 70.7 Å². The van der Waals surface area contributed by atoms with Crippen LogP contribution in [0.4, 0.5) is 0 Å². The highest BCUT2D eigenvalue weighted by Crippen LogP contribution is 2.21. The van der Waals surface area contributed by atoms with E-state index in [4.69, 9.17) is 11.6 Å². The van der Waals surface area contributed by atoms with Crippen LogP contribution in [0.15, 0.2) is 54.6 Å². The lowest BCUT2D eigenvalue weighted by Gasteiger charge is -2.36. The molecule has 0 radical (unpaired) electrons. The Morgan fingerprint density at radius 2 is 1.60 bits per heavy atom. The molecule has 0 unspecified atom stereocenters. The number of hydrogen-bond acceptors (Lipinski definition) is 4. The van der Waals surface area contributed by atoms with Gasteiger partial charge in [-0.1, -0.05) is 41.9 Å². The zero-order chi connectivity index (χ0) is 24.8. The van der Waals surface area contributed by atoms with Crippen molar-refractivity contribution in [2.45, 2.75) is 19.4 Å². The third kappa shape index (κ3) is 6.61. The first-order valence-electron chi connectivity index (χ1n) is 12.2. The van der Waals surface area contributed by atoms with Crippen LogP contribution >= 0.6 is 11.6 Å². The van der Waals surface area contributed by atoms with Crippen molar-refractivity contribution in [1.29, 1.82) is 0 Å². The number of benzene rings is 2. The molecule has 2 heterocycles. The van der Waals surface area contributed by atoms with Crippen LogP contribution in [0.5, 0.6) is 0 Å². The highest BCUT2D eigenvalue weighted by Gasteiger charge is 2.32. The van der Waals surface area contributed by atoms with Crippen molar-refractivity contribution in [3.63, 3.8) is 0 Å². The van der Waals surface area contributed by atoms with Crippen LogP contribution in [0.25, 0.3) is 0 Å². The first kappa shape index (κ1) is 25.2. The molecule has 0 bridgehead atoms. The van der Waals surface area contributed by atoms with Gasteiger partial charge in [0.25, 0.3) is 5.91 Å². The smallest absolute Gasteiger partial charge is 0.253 e. The summed E-state index contributed by atoms with van der Waals surface area (Å²) >= 11 is 5.93. The Labute approximate surface area is 212 Å². The quantitative estimate of drug-likeness (QED) is 0.616. The van der Waals surface area contributed by atoms with E-state index >= 15 is 0 Å². The zero-order valence-electron chi connectivity index (χ0n) is 20.2. The number of amides is 3. The molecule has 35 heavy (non-hydrogen) atoms. The van der Waals surface area contributed by atoms with Gasteiger partial charge < -0.3 is 14.7 Å².